The van der Waals surface area contributed by atoms with E-state index >= 15 is 0 Å². The molecule has 0 aliphatic heterocycles. The SMILES string of the molecule is Cc1cc(NCCOCC(F)F)ccc1[N+](=O)[O-]. The van der Waals surface area contributed by atoms with E-state index in [1.165, 1.54) is 6.07 Å². The lowest BCUT2D eigenvalue weighted by atomic mass is 10.2. The van der Waals surface area contributed by atoms with Crippen LogP contribution in [0.3, 0.4) is 0 Å². The highest BCUT2D eigenvalue weighted by Gasteiger charge is 2.09. The van der Waals surface area contributed by atoms with Gasteiger partial charge in [-0.05, 0) is 19.1 Å². The number of nitro benzene ring substituents is 1. The molecule has 1 aromatic carbocycles. The van der Waals surface area contributed by atoms with E-state index in [4.69, 9.17) is 0 Å². The van der Waals surface area contributed by atoms with Crippen LogP contribution in [0.15, 0.2) is 18.2 Å². The molecule has 0 saturated heterocycles. The molecule has 0 atom stereocenters. The Balaban J connectivity index is 2.39. The second-order valence-electron chi connectivity index (χ2n) is 3.65. The number of nitrogens with one attached hydrogen (secondary N) is 1. The van der Waals surface area contributed by atoms with Gasteiger partial charge in [0, 0.05) is 23.9 Å². The van der Waals surface area contributed by atoms with E-state index < -0.39 is 18.0 Å². The maximum absolute atomic E-state index is 11.7. The fourth-order valence-corrected chi connectivity index (χ4v) is 1.41. The number of hydrogen-bond donors (Lipinski definition) is 1. The average Bonchev–Trinajstić information content (AvgIpc) is 2.27. The minimum atomic E-state index is -2.47. The van der Waals surface area contributed by atoms with E-state index in [0.717, 1.165) is 0 Å². The van der Waals surface area contributed by atoms with Crippen molar-refractivity contribution in [3.63, 3.8) is 0 Å². The molecule has 7 heteroatoms. The molecule has 1 N–H and O–H groups in total. The Hall–Kier alpha value is -1.76. The van der Waals surface area contributed by atoms with Crippen LogP contribution in [-0.4, -0.2) is 31.1 Å². The molecule has 0 unspecified atom stereocenters. The molecule has 18 heavy (non-hydrogen) atoms. The maximum Gasteiger partial charge on any atom is 0.272 e. The summed E-state index contributed by atoms with van der Waals surface area (Å²) in [6.45, 7) is 1.57. The van der Waals surface area contributed by atoms with Crippen molar-refractivity contribution < 1.29 is 18.4 Å². The molecule has 1 aromatic rings. The lowest BCUT2D eigenvalue weighted by Gasteiger charge is -2.08. The second kappa shape index (κ2) is 6.85. The number of alkyl halides is 2. The number of nitrogens with zero attached hydrogens (tertiary/aromatic N) is 1. The molecule has 0 aromatic heterocycles. The minimum Gasteiger partial charge on any atom is -0.383 e. The van der Waals surface area contributed by atoms with Crippen molar-refractivity contribution in [2.45, 2.75) is 13.3 Å². The lowest BCUT2D eigenvalue weighted by molar-refractivity contribution is -0.385. The van der Waals surface area contributed by atoms with E-state index in [2.05, 4.69) is 10.1 Å². The average molecular weight is 260 g/mol. The quantitative estimate of drug-likeness (QED) is 0.465. The van der Waals surface area contributed by atoms with E-state index in [-0.39, 0.29) is 12.3 Å². The molecule has 0 spiro atoms. The largest absolute Gasteiger partial charge is 0.383 e. The number of nitro groups is 1. The predicted molar refractivity (Wildman–Crippen MR) is 63.1 cm³/mol. The molecule has 0 amide bonds. The Morgan fingerprint density at radius 2 is 2.22 bits per heavy atom. The summed E-state index contributed by atoms with van der Waals surface area (Å²) in [4.78, 5) is 10.1. The summed E-state index contributed by atoms with van der Waals surface area (Å²) in [5.74, 6) is 0. The first-order chi connectivity index (χ1) is 8.50. The number of anilines is 1. The van der Waals surface area contributed by atoms with Gasteiger partial charge in [-0.2, -0.15) is 0 Å². The van der Waals surface area contributed by atoms with Gasteiger partial charge in [0.25, 0.3) is 12.1 Å². The zero-order valence-corrected chi connectivity index (χ0v) is 9.86. The Bertz CT molecular complexity index is 413. The van der Waals surface area contributed by atoms with Gasteiger partial charge in [0.1, 0.15) is 6.61 Å². The highest BCUT2D eigenvalue weighted by molar-refractivity contribution is 5.53. The minimum absolute atomic E-state index is 0.0505. The van der Waals surface area contributed by atoms with Crippen LogP contribution >= 0.6 is 0 Å². The Labute approximate surface area is 103 Å². The maximum atomic E-state index is 11.7. The third-order valence-electron chi connectivity index (χ3n) is 2.21. The molecule has 0 aliphatic rings. The van der Waals surface area contributed by atoms with Gasteiger partial charge in [0.2, 0.25) is 0 Å². The fraction of sp³-hybridized carbons (Fsp3) is 0.455. The number of hydrogen-bond acceptors (Lipinski definition) is 4. The van der Waals surface area contributed by atoms with Crippen molar-refractivity contribution in [1.82, 2.24) is 0 Å². The number of rotatable bonds is 7. The predicted octanol–water partition coefficient (Wildman–Crippen LogP) is 2.60. The van der Waals surface area contributed by atoms with Crippen molar-refractivity contribution in [3.8, 4) is 0 Å². The van der Waals surface area contributed by atoms with E-state index in [1.807, 2.05) is 0 Å². The molecule has 0 heterocycles. The number of ether oxygens (including phenoxy) is 1. The van der Waals surface area contributed by atoms with Crippen molar-refractivity contribution >= 4 is 11.4 Å². The van der Waals surface area contributed by atoms with Crippen LogP contribution < -0.4 is 5.32 Å². The standard InChI is InChI=1S/C11H14F2N2O3/c1-8-6-9(2-3-10(8)15(16)17)14-4-5-18-7-11(12)13/h2-3,6,11,14H,4-5,7H2,1H3. The van der Waals surface area contributed by atoms with Crippen LogP contribution in [-0.2, 0) is 4.74 Å². The van der Waals surface area contributed by atoms with Crippen molar-refractivity contribution in [1.29, 1.82) is 0 Å². The molecule has 0 fully saturated rings. The van der Waals surface area contributed by atoms with Crippen molar-refractivity contribution in [3.05, 3.63) is 33.9 Å². The molecule has 100 valence electrons. The number of aryl methyl sites for hydroxylation is 1. The summed E-state index contributed by atoms with van der Waals surface area (Å²) >= 11 is 0. The number of halogens is 2. The smallest absolute Gasteiger partial charge is 0.272 e. The normalized spacial score (nSPS) is 10.7. The summed E-state index contributed by atoms with van der Waals surface area (Å²) in [6.07, 6.45) is -2.47. The third kappa shape index (κ3) is 4.62. The molecular weight excluding hydrogens is 246 g/mol. The monoisotopic (exact) mass is 260 g/mol. The second-order valence-corrected chi connectivity index (χ2v) is 3.65. The van der Waals surface area contributed by atoms with Crippen LogP contribution in [0.25, 0.3) is 0 Å². The van der Waals surface area contributed by atoms with Crippen molar-refractivity contribution in [2.75, 3.05) is 25.1 Å². The van der Waals surface area contributed by atoms with Gasteiger partial charge in [0.15, 0.2) is 0 Å². The lowest BCUT2D eigenvalue weighted by Crippen LogP contribution is -2.13. The molecule has 0 aliphatic carbocycles. The van der Waals surface area contributed by atoms with E-state index in [0.29, 0.717) is 17.8 Å². The van der Waals surface area contributed by atoms with Crippen LogP contribution in [0, 0.1) is 17.0 Å². The first-order valence-corrected chi connectivity index (χ1v) is 5.35. The van der Waals surface area contributed by atoms with Gasteiger partial charge in [0.05, 0.1) is 11.5 Å². The zero-order valence-electron chi connectivity index (χ0n) is 9.86. The Morgan fingerprint density at radius 3 is 2.78 bits per heavy atom. The van der Waals surface area contributed by atoms with Gasteiger partial charge in [-0.1, -0.05) is 0 Å². The van der Waals surface area contributed by atoms with E-state index in [9.17, 15) is 18.9 Å². The molecule has 0 radical (unpaired) electrons. The zero-order chi connectivity index (χ0) is 13.5. The van der Waals surface area contributed by atoms with Gasteiger partial charge in [-0.25, -0.2) is 8.78 Å². The topological polar surface area (TPSA) is 64.4 Å². The first kappa shape index (κ1) is 14.3. The summed E-state index contributed by atoms with van der Waals surface area (Å²) < 4.78 is 28.2. The van der Waals surface area contributed by atoms with E-state index in [1.54, 1.807) is 19.1 Å². The van der Waals surface area contributed by atoms with Gasteiger partial charge in [-0.15, -0.1) is 0 Å². The van der Waals surface area contributed by atoms with Crippen LogP contribution in [0.4, 0.5) is 20.2 Å². The summed E-state index contributed by atoms with van der Waals surface area (Å²) in [5, 5.41) is 13.5. The van der Waals surface area contributed by atoms with Gasteiger partial charge < -0.3 is 10.1 Å². The Kier molecular flexibility index (Phi) is 5.44. The number of benzene rings is 1. The summed E-state index contributed by atoms with van der Waals surface area (Å²) in [5.41, 5.74) is 1.28. The van der Waals surface area contributed by atoms with Crippen LogP contribution in [0.1, 0.15) is 5.56 Å². The first-order valence-electron chi connectivity index (χ1n) is 5.35. The van der Waals surface area contributed by atoms with Crippen molar-refractivity contribution in [2.24, 2.45) is 0 Å². The summed E-state index contributed by atoms with van der Waals surface area (Å²) in [7, 11) is 0. The fourth-order valence-electron chi connectivity index (χ4n) is 1.41. The summed E-state index contributed by atoms with van der Waals surface area (Å²) in [6, 6.07) is 4.60. The molecule has 1 rings (SSSR count). The van der Waals surface area contributed by atoms with Crippen LogP contribution in [0.5, 0.6) is 0 Å². The van der Waals surface area contributed by atoms with Gasteiger partial charge in [-0.3, -0.25) is 10.1 Å². The van der Waals surface area contributed by atoms with Gasteiger partial charge >= 0.3 is 0 Å². The van der Waals surface area contributed by atoms with Crippen LogP contribution in [0.2, 0.25) is 0 Å². The molecule has 0 bridgehead atoms. The molecule has 0 saturated carbocycles. The molecular formula is C11H14F2N2O3. The third-order valence-corrected chi connectivity index (χ3v) is 2.21. The highest BCUT2D eigenvalue weighted by Crippen LogP contribution is 2.21. The highest BCUT2D eigenvalue weighted by atomic mass is 19.3. The molecule has 5 nitrogen and oxygen atoms in total. The Morgan fingerprint density at radius 1 is 1.50 bits per heavy atom.